The van der Waals surface area contributed by atoms with E-state index in [0.29, 0.717) is 18.0 Å². The van der Waals surface area contributed by atoms with Gasteiger partial charge >= 0.3 is 6.18 Å². The number of alkyl halides is 3. The topological polar surface area (TPSA) is 75.2 Å². The van der Waals surface area contributed by atoms with Crippen LogP contribution in [0.25, 0.3) is 11.0 Å². The maximum atomic E-state index is 13.2. The maximum absolute atomic E-state index is 13.2. The maximum Gasteiger partial charge on any atom is 0.418 e. The van der Waals surface area contributed by atoms with Crippen molar-refractivity contribution in [1.29, 1.82) is 0 Å². The molecule has 0 saturated heterocycles. The predicted molar refractivity (Wildman–Crippen MR) is 86.5 cm³/mol. The van der Waals surface area contributed by atoms with Gasteiger partial charge in [0.15, 0.2) is 0 Å². The Hall–Kier alpha value is -3.10. The number of benzene rings is 1. The summed E-state index contributed by atoms with van der Waals surface area (Å²) in [6, 6.07) is 3.59. The summed E-state index contributed by atoms with van der Waals surface area (Å²) in [6.45, 7) is 0.555. The van der Waals surface area contributed by atoms with E-state index >= 15 is 0 Å². The van der Waals surface area contributed by atoms with Gasteiger partial charge < -0.3 is 15.0 Å². The van der Waals surface area contributed by atoms with Gasteiger partial charge in [0.05, 0.1) is 30.3 Å². The van der Waals surface area contributed by atoms with Crippen molar-refractivity contribution in [1.82, 2.24) is 15.0 Å². The molecule has 0 atom stereocenters. The predicted octanol–water partition coefficient (Wildman–Crippen LogP) is 3.66. The van der Waals surface area contributed by atoms with Crippen molar-refractivity contribution in [2.75, 3.05) is 12.4 Å². The van der Waals surface area contributed by atoms with Crippen LogP contribution in [0.1, 0.15) is 16.7 Å². The first-order valence-electron chi connectivity index (χ1n) is 7.34. The van der Waals surface area contributed by atoms with E-state index in [4.69, 9.17) is 4.74 Å². The summed E-state index contributed by atoms with van der Waals surface area (Å²) in [5.74, 6) is 0.548. The standard InChI is InChI=1S/C16H12F3N5O/c1-25-12-3-9-5-20-4-8(9)2-11(12)24-15-13-10(16(17,18)19)6-21-14(13)22-7-23-15/h2-4,6-7H,5H2,1H3,(H2,21,22,23,24). The van der Waals surface area contributed by atoms with Crippen molar-refractivity contribution in [3.05, 3.63) is 41.3 Å². The number of halogens is 3. The molecular formula is C16H12F3N5O. The SMILES string of the molecule is COc1cc2c(cc1Nc1ncnc3[nH]cc(C(F)(F)F)c13)C=NC2. The molecule has 25 heavy (non-hydrogen) atoms. The van der Waals surface area contributed by atoms with E-state index in [-0.39, 0.29) is 16.9 Å². The monoisotopic (exact) mass is 347 g/mol. The molecule has 0 saturated carbocycles. The van der Waals surface area contributed by atoms with E-state index in [1.54, 1.807) is 12.3 Å². The zero-order chi connectivity index (χ0) is 17.6. The number of anilines is 2. The molecule has 0 bridgehead atoms. The molecule has 0 spiro atoms. The normalized spacial score (nSPS) is 13.3. The summed E-state index contributed by atoms with van der Waals surface area (Å²) in [7, 11) is 1.50. The Kier molecular flexibility index (Phi) is 3.38. The van der Waals surface area contributed by atoms with Crippen LogP contribution in [-0.2, 0) is 12.7 Å². The molecular weight excluding hydrogens is 335 g/mol. The van der Waals surface area contributed by atoms with Crippen LogP contribution < -0.4 is 10.1 Å². The molecule has 0 unspecified atom stereocenters. The lowest BCUT2D eigenvalue weighted by molar-refractivity contribution is -0.136. The molecule has 0 fully saturated rings. The molecule has 0 aliphatic carbocycles. The van der Waals surface area contributed by atoms with E-state index in [1.165, 1.54) is 13.4 Å². The van der Waals surface area contributed by atoms with Crippen LogP contribution in [0, 0.1) is 0 Å². The molecule has 2 aromatic heterocycles. The van der Waals surface area contributed by atoms with E-state index in [0.717, 1.165) is 17.3 Å². The fourth-order valence-corrected chi connectivity index (χ4v) is 2.81. The molecule has 3 aromatic rings. The third-order valence-corrected chi connectivity index (χ3v) is 3.98. The number of hydrogen-bond donors (Lipinski definition) is 2. The van der Waals surface area contributed by atoms with Crippen LogP contribution in [0.5, 0.6) is 5.75 Å². The molecule has 2 N–H and O–H groups in total. The Morgan fingerprint density at radius 2 is 2.08 bits per heavy atom. The highest BCUT2D eigenvalue weighted by Gasteiger charge is 2.35. The fraction of sp³-hybridized carbons (Fsp3) is 0.188. The Morgan fingerprint density at radius 1 is 1.24 bits per heavy atom. The second-order valence-corrected chi connectivity index (χ2v) is 5.49. The van der Waals surface area contributed by atoms with Gasteiger partial charge in [-0.3, -0.25) is 4.99 Å². The number of fused-ring (bicyclic) bond motifs is 2. The average molecular weight is 347 g/mol. The lowest BCUT2D eigenvalue weighted by Gasteiger charge is -2.14. The summed E-state index contributed by atoms with van der Waals surface area (Å²) in [6.07, 6.45) is -0.721. The van der Waals surface area contributed by atoms with Gasteiger partial charge in [-0.1, -0.05) is 0 Å². The Balaban J connectivity index is 1.84. The quantitative estimate of drug-likeness (QED) is 0.758. The number of aliphatic imine (C=N–C) groups is 1. The third kappa shape index (κ3) is 2.57. The van der Waals surface area contributed by atoms with Gasteiger partial charge in [-0.15, -0.1) is 0 Å². The number of methoxy groups -OCH3 is 1. The number of rotatable bonds is 3. The first-order chi connectivity index (χ1) is 12.0. The van der Waals surface area contributed by atoms with Gasteiger partial charge in [-0.25, -0.2) is 9.97 Å². The van der Waals surface area contributed by atoms with E-state index in [1.807, 2.05) is 6.07 Å². The molecule has 6 nitrogen and oxygen atoms in total. The second-order valence-electron chi connectivity index (χ2n) is 5.49. The molecule has 3 heterocycles. The van der Waals surface area contributed by atoms with Crippen LogP contribution in [0.3, 0.4) is 0 Å². The van der Waals surface area contributed by atoms with E-state index in [2.05, 4.69) is 25.3 Å². The van der Waals surface area contributed by atoms with Crippen molar-refractivity contribution >= 4 is 28.8 Å². The van der Waals surface area contributed by atoms with Gasteiger partial charge in [0.25, 0.3) is 0 Å². The van der Waals surface area contributed by atoms with Crippen molar-refractivity contribution in [3.63, 3.8) is 0 Å². The van der Waals surface area contributed by atoms with Crippen molar-refractivity contribution in [2.24, 2.45) is 4.99 Å². The number of aromatic amines is 1. The molecule has 9 heteroatoms. The summed E-state index contributed by atoms with van der Waals surface area (Å²) in [4.78, 5) is 14.5. The molecule has 0 amide bonds. The summed E-state index contributed by atoms with van der Waals surface area (Å²) in [5.41, 5.74) is 1.66. The zero-order valence-electron chi connectivity index (χ0n) is 13.0. The highest BCUT2D eigenvalue weighted by Crippen LogP contribution is 2.39. The first kappa shape index (κ1) is 15.4. The molecule has 4 rings (SSSR count). The van der Waals surface area contributed by atoms with Crippen LogP contribution in [0.15, 0.2) is 29.6 Å². The van der Waals surface area contributed by atoms with Gasteiger partial charge in [-0.05, 0) is 23.3 Å². The molecule has 0 radical (unpaired) electrons. The second kappa shape index (κ2) is 5.47. The van der Waals surface area contributed by atoms with Crippen LogP contribution in [-0.4, -0.2) is 28.3 Å². The van der Waals surface area contributed by atoms with Crippen LogP contribution in [0.4, 0.5) is 24.7 Å². The number of nitrogens with one attached hydrogen (secondary N) is 2. The lowest BCUT2D eigenvalue weighted by Crippen LogP contribution is -2.06. The van der Waals surface area contributed by atoms with Crippen LogP contribution >= 0.6 is 0 Å². The third-order valence-electron chi connectivity index (χ3n) is 3.98. The Bertz CT molecular complexity index is 993. The largest absolute Gasteiger partial charge is 0.495 e. The summed E-state index contributed by atoms with van der Waals surface area (Å²) >= 11 is 0. The van der Waals surface area contributed by atoms with E-state index < -0.39 is 11.7 Å². The van der Waals surface area contributed by atoms with Gasteiger partial charge in [0.2, 0.25) is 0 Å². The molecule has 1 aliphatic rings. The Labute approximate surface area is 139 Å². The molecule has 1 aromatic carbocycles. The van der Waals surface area contributed by atoms with Crippen LogP contribution in [0.2, 0.25) is 0 Å². The van der Waals surface area contributed by atoms with Gasteiger partial charge in [-0.2, -0.15) is 13.2 Å². The summed E-state index contributed by atoms with van der Waals surface area (Å²) in [5, 5.41) is 2.82. The van der Waals surface area contributed by atoms with Crippen molar-refractivity contribution in [2.45, 2.75) is 12.7 Å². The van der Waals surface area contributed by atoms with Gasteiger partial charge in [0, 0.05) is 12.4 Å². The number of ether oxygens (including phenoxy) is 1. The number of nitrogens with zero attached hydrogens (tertiary/aromatic N) is 3. The average Bonchev–Trinajstić information content (AvgIpc) is 3.20. The van der Waals surface area contributed by atoms with E-state index in [9.17, 15) is 13.2 Å². The number of aromatic nitrogens is 3. The number of H-pyrrole nitrogens is 1. The fourth-order valence-electron chi connectivity index (χ4n) is 2.81. The summed E-state index contributed by atoms with van der Waals surface area (Å²) < 4.78 is 45.1. The number of hydrogen-bond acceptors (Lipinski definition) is 5. The highest BCUT2D eigenvalue weighted by molar-refractivity contribution is 5.94. The smallest absolute Gasteiger partial charge is 0.418 e. The molecule has 1 aliphatic heterocycles. The first-order valence-corrected chi connectivity index (χ1v) is 7.34. The Morgan fingerprint density at radius 3 is 2.84 bits per heavy atom. The highest BCUT2D eigenvalue weighted by atomic mass is 19.4. The minimum atomic E-state index is -4.52. The van der Waals surface area contributed by atoms with Gasteiger partial charge in [0.1, 0.15) is 23.5 Å². The van der Waals surface area contributed by atoms with Crippen molar-refractivity contribution in [3.8, 4) is 5.75 Å². The minimum absolute atomic E-state index is 0.0479. The zero-order valence-corrected chi connectivity index (χ0v) is 13.0. The molecule has 128 valence electrons. The van der Waals surface area contributed by atoms with Crippen molar-refractivity contribution < 1.29 is 17.9 Å². The lowest BCUT2D eigenvalue weighted by atomic mass is 10.1. The minimum Gasteiger partial charge on any atom is -0.495 e.